The molecular weight excluding hydrogens is 208 g/mol. The van der Waals surface area contributed by atoms with Crippen molar-refractivity contribution in [2.75, 3.05) is 7.11 Å². The molecule has 0 bridgehead atoms. The molecule has 0 radical (unpaired) electrons. The third-order valence-corrected chi connectivity index (χ3v) is 2.11. The number of hydrogen-bond acceptors (Lipinski definition) is 3. The van der Waals surface area contributed by atoms with E-state index in [1.807, 2.05) is 0 Å². The number of carbonyl (C=O) groups is 1. The van der Waals surface area contributed by atoms with Gasteiger partial charge in [0.25, 0.3) is 0 Å². The molecule has 0 aliphatic heterocycles. The molecule has 6 heteroatoms. The number of carboxylic acid groups (broad SMARTS) is 1. The first kappa shape index (κ1) is 13.0. The Balaban J connectivity index is 0.00000169. The molecule has 1 rings (SSSR count). The second kappa shape index (κ2) is 6.48. The number of oxime groups is 1. The maximum Gasteiger partial charge on any atom is 0.404 e. The van der Waals surface area contributed by atoms with Crippen LogP contribution < -0.4 is 5.32 Å². The van der Waals surface area contributed by atoms with Crippen molar-refractivity contribution in [3.63, 3.8) is 0 Å². The molecule has 14 heavy (non-hydrogen) atoms. The van der Waals surface area contributed by atoms with Gasteiger partial charge in [-0.3, -0.25) is 0 Å². The van der Waals surface area contributed by atoms with E-state index >= 15 is 0 Å². The average molecular weight is 223 g/mol. The Morgan fingerprint density at radius 3 is 2.57 bits per heavy atom. The van der Waals surface area contributed by atoms with Crippen LogP contribution >= 0.6 is 12.4 Å². The lowest BCUT2D eigenvalue weighted by molar-refractivity contribution is 0.187. The van der Waals surface area contributed by atoms with E-state index in [1.54, 1.807) is 0 Å². The van der Waals surface area contributed by atoms with Crippen molar-refractivity contribution in [2.24, 2.45) is 5.16 Å². The van der Waals surface area contributed by atoms with Gasteiger partial charge in [0.15, 0.2) is 0 Å². The third-order valence-electron chi connectivity index (χ3n) is 2.11. The van der Waals surface area contributed by atoms with Crippen molar-refractivity contribution in [3.05, 3.63) is 0 Å². The molecule has 1 saturated carbocycles. The number of amides is 1. The van der Waals surface area contributed by atoms with Gasteiger partial charge in [0, 0.05) is 6.04 Å². The van der Waals surface area contributed by atoms with Crippen LogP contribution in [0.3, 0.4) is 0 Å². The smallest absolute Gasteiger partial charge is 0.404 e. The van der Waals surface area contributed by atoms with Crippen LogP contribution in [-0.4, -0.2) is 30.1 Å². The second-order valence-corrected chi connectivity index (χ2v) is 3.06. The van der Waals surface area contributed by atoms with Gasteiger partial charge in [0.2, 0.25) is 0 Å². The van der Waals surface area contributed by atoms with Crippen LogP contribution in [0.5, 0.6) is 0 Å². The molecule has 0 aromatic rings. The van der Waals surface area contributed by atoms with Crippen molar-refractivity contribution in [2.45, 2.75) is 31.7 Å². The molecule has 1 aliphatic rings. The summed E-state index contributed by atoms with van der Waals surface area (Å²) in [5, 5.41) is 14.8. The molecule has 0 aromatic heterocycles. The minimum Gasteiger partial charge on any atom is -0.465 e. The first-order valence-corrected chi connectivity index (χ1v) is 4.30. The number of halogens is 1. The molecular formula is C8H15ClN2O3. The Hall–Kier alpha value is -0.970. The summed E-state index contributed by atoms with van der Waals surface area (Å²) >= 11 is 0. The average Bonchev–Trinajstić information content (AvgIpc) is 2.08. The highest BCUT2D eigenvalue weighted by atomic mass is 35.5. The van der Waals surface area contributed by atoms with E-state index in [2.05, 4.69) is 15.3 Å². The molecule has 2 N–H and O–H groups in total. The van der Waals surface area contributed by atoms with Crippen LogP contribution in [0.25, 0.3) is 0 Å². The first-order valence-electron chi connectivity index (χ1n) is 4.30. The Kier molecular flexibility index (Phi) is 6.03. The summed E-state index contributed by atoms with van der Waals surface area (Å²) in [6.07, 6.45) is 2.32. The second-order valence-electron chi connectivity index (χ2n) is 3.06. The van der Waals surface area contributed by atoms with E-state index in [-0.39, 0.29) is 18.4 Å². The predicted molar refractivity (Wildman–Crippen MR) is 55.1 cm³/mol. The number of hydrogen-bond donors (Lipinski definition) is 2. The van der Waals surface area contributed by atoms with Gasteiger partial charge in [-0.05, 0) is 25.7 Å². The fourth-order valence-corrected chi connectivity index (χ4v) is 1.49. The van der Waals surface area contributed by atoms with Crippen molar-refractivity contribution < 1.29 is 14.7 Å². The van der Waals surface area contributed by atoms with Gasteiger partial charge < -0.3 is 15.3 Å². The van der Waals surface area contributed by atoms with Crippen molar-refractivity contribution >= 4 is 24.2 Å². The van der Waals surface area contributed by atoms with Crippen LogP contribution in [-0.2, 0) is 4.84 Å². The van der Waals surface area contributed by atoms with Crippen LogP contribution in [0.4, 0.5) is 4.79 Å². The monoisotopic (exact) mass is 222 g/mol. The Morgan fingerprint density at radius 1 is 1.57 bits per heavy atom. The van der Waals surface area contributed by atoms with Crippen LogP contribution in [0.2, 0.25) is 0 Å². The normalized spacial score (nSPS) is 20.6. The summed E-state index contributed by atoms with van der Waals surface area (Å²) in [7, 11) is 1.52. The van der Waals surface area contributed by atoms with Gasteiger partial charge in [-0.2, -0.15) is 0 Å². The zero-order chi connectivity index (χ0) is 9.68. The molecule has 0 saturated heterocycles. The van der Waals surface area contributed by atoms with Gasteiger partial charge >= 0.3 is 6.09 Å². The molecule has 0 unspecified atom stereocenters. The van der Waals surface area contributed by atoms with Crippen molar-refractivity contribution in [3.8, 4) is 0 Å². The SMILES string of the molecule is CON=C1CCC(NC(=O)O)CC1.Cl. The molecule has 0 atom stereocenters. The van der Waals surface area contributed by atoms with Crippen LogP contribution in [0, 0.1) is 0 Å². The quantitative estimate of drug-likeness (QED) is 0.698. The summed E-state index contributed by atoms with van der Waals surface area (Å²) in [5.41, 5.74) is 1.02. The van der Waals surface area contributed by atoms with Gasteiger partial charge in [0.05, 0.1) is 5.71 Å². The van der Waals surface area contributed by atoms with Crippen LogP contribution in [0.1, 0.15) is 25.7 Å². The van der Waals surface area contributed by atoms with Crippen LogP contribution in [0.15, 0.2) is 5.16 Å². The molecule has 1 fully saturated rings. The van der Waals surface area contributed by atoms with Crippen molar-refractivity contribution in [1.29, 1.82) is 0 Å². The summed E-state index contributed by atoms with van der Waals surface area (Å²) in [5.74, 6) is 0. The highest BCUT2D eigenvalue weighted by molar-refractivity contribution is 5.85. The van der Waals surface area contributed by atoms with E-state index in [1.165, 1.54) is 7.11 Å². The standard InChI is InChI=1S/C8H14N2O3.ClH/c1-13-10-7-4-2-6(3-5-7)9-8(11)12;/h6,9H,2-5H2,1H3,(H,11,12);1H. The number of rotatable bonds is 2. The fraction of sp³-hybridized carbons (Fsp3) is 0.750. The Bertz CT molecular complexity index is 211. The first-order chi connectivity index (χ1) is 6.22. The zero-order valence-corrected chi connectivity index (χ0v) is 8.84. The number of nitrogens with one attached hydrogen (secondary N) is 1. The fourth-order valence-electron chi connectivity index (χ4n) is 1.49. The molecule has 0 aromatic carbocycles. The lowest BCUT2D eigenvalue weighted by Gasteiger charge is -2.22. The Labute approximate surface area is 88.9 Å². The highest BCUT2D eigenvalue weighted by Gasteiger charge is 2.18. The predicted octanol–water partition coefficient (Wildman–Crippen LogP) is 1.62. The van der Waals surface area contributed by atoms with Gasteiger partial charge in [-0.1, -0.05) is 5.16 Å². The Morgan fingerprint density at radius 2 is 2.14 bits per heavy atom. The molecule has 0 heterocycles. The topological polar surface area (TPSA) is 70.9 Å². The summed E-state index contributed by atoms with van der Waals surface area (Å²) < 4.78 is 0. The number of nitrogens with zero attached hydrogens (tertiary/aromatic N) is 1. The van der Waals surface area contributed by atoms with E-state index in [4.69, 9.17) is 5.11 Å². The third kappa shape index (κ3) is 4.32. The minimum atomic E-state index is -0.947. The molecule has 1 amide bonds. The highest BCUT2D eigenvalue weighted by Crippen LogP contribution is 2.16. The van der Waals surface area contributed by atoms with E-state index in [0.29, 0.717) is 0 Å². The molecule has 5 nitrogen and oxygen atoms in total. The maximum absolute atomic E-state index is 10.3. The largest absolute Gasteiger partial charge is 0.465 e. The summed E-state index contributed by atoms with van der Waals surface area (Å²) in [6, 6.07) is 0.0771. The summed E-state index contributed by atoms with van der Waals surface area (Å²) in [4.78, 5) is 15.0. The van der Waals surface area contributed by atoms with Crippen molar-refractivity contribution in [1.82, 2.24) is 5.32 Å². The van der Waals surface area contributed by atoms with E-state index < -0.39 is 6.09 Å². The van der Waals surface area contributed by atoms with E-state index in [9.17, 15) is 4.79 Å². The molecule has 0 spiro atoms. The zero-order valence-electron chi connectivity index (χ0n) is 8.02. The van der Waals surface area contributed by atoms with Gasteiger partial charge in [-0.15, -0.1) is 12.4 Å². The summed E-state index contributed by atoms with van der Waals surface area (Å²) in [6.45, 7) is 0. The lowest BCUT2D eigenvalue weighted by Crippen LogP contribution is -2.36. The molecule has 82 valence electrons. The minimum absolute atomic E-state index is 0. The maximum atomic E-state index is 10.3. The lowest BCUT2D eigenvalue weighted by atomic mass is 9.94. The van der Waals surface area contributed by atoms with E-state index in [0.717, 1.165) is 31.4 Å². The molecule has 1 aliphatic carbocycles. The van der Waals surface area contributed by atoms with Gasteiger partial charge in [0.1, 0.15) is 7.11 Å². The van der Waals surface area contributed by atoms with Gasteiger partial charge in [-0.25, -0.2) is 4.79 Å².